The molecule has 0 unspecified atom stereocenters. The van der Waals surface area contributed by atoms with Gasteiger partial charge in [-0.05, 0) is 6.92 Å². The maximum atomic E-state index is 13.0. The van der Waals surface area contributed by atoms with Gasteiger partial charge < -0.3 is 9.15 Å². The number of rotatable bonds is 2. The molecule has 2 nitrogen and oxygen atoms in total. The van der Waals surface area contributed by atoms with Crippen molar-refractivity contribution in [2.75, 3.05) is 6.61 Å². The van der Waals surface area contributed by atoms with E-state index in [0.29, 0.717) is 0 Å². The Balaban J connectivity index is 3.73. The zero-order valence-electron chi connectivity index (χ0n) is 11.3. The molecule has 1 aromatic rings. The van der Waals surface area contributed by atoms with Crippen LogP contribution in [0.4, 0.5) is 26.3 Å². The van der Waals surface area contributed by atoms with Crippen LogP contribution in [0.25, 0.3) is 0 Å². The topological polar surface area (TPSA) is 22.4 Å². The van der Waals surface area contributed by atoms with Gasteiger partial charge >= 0.3 is 12.4 Å². The summed E-state index contributed by atoms with van der Waals surface area (Å²) in [6, 6.07) is 0. The zero-order chi connectivity index (χ0) is 15.9. The fourth-order valence-corrected chi connectivity index (χ4v) is 1.70. The van der Waals surface area contributed by atoms with E-state index in [1.54, 1.807) is 0 Å². The van der Waals surface area contributed by atoms with Gasteiger partial charge in [-0.25, -0.2) is 0 Å². The monoisotopic (exact) mass is 304 g/mol. The Bertz CT molecular complexity index is 476. The molecule has 1 heterocycles. The normalized spacial score (nSPS) is 13.7. The maximum Gasteiger partial charge on any atom is 0.423 e. The minimum Gasteiger partial charge on any atom is -0.465 e. The van der Waals surface area contributed by atoms with Gasteiger partial charge in [0.2, 0.25) is 0 Å². The van der Waals surface area contributed by atoms with E-state index >= 15 is 0 Å². The van der Waals surface area contributed by atoms with E-state index in [-0.39, 0.29) is 6.61 Å². The molecule has 0 N–H and O–H groups in total. The molecule has 0 aliphatic rings. The molecule has 1 aromatic heterocycles. The predicted octanol–water partition coefficient (Wildman–Crippen LogP) is 5.01. The standard InChI is InChI=1S/C12H14F6O2/c1-5-19-9-7(12(16,17)18)6(11(13,14)15)8(20-9)10(2,3)4/h5H2,1-4H3. The molecule has 0 aromatic carbocycles. The van der Waals surface area contributed by atoms with E-state index in [4.69, 9.17) is 4.42 Å². The molecule has 0 aliphatic carbocycles. The first kappa shape index (κ1) is 16.7. The fourth-order valence-electron chi connectivity index (χ4n) is 1.70. The maximum absolute atomic E-state index is 13.0. The number of alkyl halides is 6. The molecule has 0 bridgehead atoms. The quantitative estimate of drug-likeness (QED) is 0.716. The van der Waals surface area contributed by atoms with E-state index in [2.05, 4.69) is 4.74 Å². The van der Waals surface area contributed by atoms with E-state index in [0.717, 1.165) is 0 Å². The molecule has 0 radical (unpaired) electrons. The van der Waals surface area contributed by atoms with E-state index in [9.17, 15) is 26.3 Å². The third-order valence-electron chi connectivity index (χ3n) is 2.40. The average molecular weight is 304 g/mol. The summed E-state index contributed by atoms with van der Waals surface area (Å²) in [6.45, 7) is 5.11. The van der Waals surface area contributed by atoms with Crippen molar-refractivity contribution in [2.24, 2.45) is 0 Å². The van der Waals surface area contributed by atoms with Gasteiger partial charge in [0.05, 0.1) is 6.61 Å². The molecule has 0 amide bonds. The second kappa shape index (κ2) is 4.89. The fraction of sp³-hybridized carbons (Fsp3) is 0.667. The molecule has 116 valence electrons. The largest absolute Gasteiger partial charge is 0.465 e. The lowest BCUT2D eigenvalue weighted by Gasteiger charge is -2.19. The van der Waals surface area contributed by atoms with Crippen molar-refractivity contribution in [3.8, 4) is 5.95 Å². The number of ether oxygens (including phenoxy) is 1. The second-order valence-electron chi connectivity index (χ2n) is 5.15. The zero-order valence-corrected chi connectivity index (χ0v) is 11.3. The Morgan fingerprint density at radius 2 is 1.35 bits per heavy atom. The Morgan fingerprint density at radius 1 is 0.900 bits per heavy atom. The molecule has 8 heteroatoms. The summed E-state index contributed by atoms with van der Waals surface area (Å²) >= 11 is 0. The van der Waals surface area contributed by atoms with Crippen LogP contribution in [0, 0.1) is 0 Å². The third kappa shape index (κ3) is 3.21. The highest BCUT2D eigenvalue weighted by molar-refractivity contribution is 5.44. The third-order valence-corrected chi connectivity index (χ3v) is 2.40. The van der Waals surface area contributed by atoms with Crippen molar-refractivity contribution in [1.82, 2.24) is 0 Å². The second-order valence-corrected chi connectivity index (χ2v) is 5.15. The Labute approximate surface area is 111 Å². The molecule has 0 spiro atoms. The lowest BCUT2D eigenvalue weighted by Crippen LogP contribution is -2.21. The minimum absolute atomic E-state index is 0.239. The molecule has 0 saturated heterocycles. The van der Waals surface area contributed by atoms with Gasteiger partial charge in [0.1, 0.15) is 11.3 Å². The van der Waals surface area contributed by atoms with Gasteiger partial charge in [-0.3, -0.25) is 0 Å². The predicted molar refractivity (Wildman–Crippen MR) is 58.6 cm³/mol. The molecule has 0 fully saturated rings. The van der Waals surface area contributed by atoms with Crippen molar-refractivity contribution in [2.45, 2.75) is 45.5 Å². The summed E-state index contributed by atoms with van der Waals surface area (Å²) in [7, 11) is 0. The average Bonchev–Trinajstić information content (AvgIpc) is 2.55. The molecule has 0 atom stereocenters. The number of halogens is 6. The van der Waals surface area contributed by atoms with Crippen molar-refractivity contribution in [1.29, 1.82) is 0 Å². The van der Waals surface area contributed by atoms with Gasteiger partial charge in [0.15, 0.2) is 5.56 Å². The highest BCUT2D eigenvalue weighted by Crippen LogP contribution is 2.51. The summed E-state index contributed by atoms with van der Waals surface area (Å²) in [5, 5.41) is 0. The highest BCUT2D eigenvalue weighted by atomic mass is 19.4. The highest BCUT2D eigenvalue weighted by Gasteiger charge is 2.52. The van der Waals surface area contributed by atoms with E-state index in [1.807, 2.05) is 0 Å². The molecular weight excluding hydrogens is 290 g/mol. The molecule has 0 saturated carbocycles. The SMILES string of the molecule is CCOc1oc(C(C)(C)C)c(C(F)(F)F)c1C(F)(F)F. The first-order chi connectivity index (χ1) is 8.80. The first-order valence-electron chi connectivity index (χ1n) is 5.74. The lowest BCUT2D eigenvalue weighted by molar-refractivity contribution is -0.162. The van der Waals surface area contributed by atoms with Gasteiger partial charge in [0.25, 0.3) is 5.95 Å². The van der Waals surface area contributed by atoms with Gasteiger partial charge in [-0.2, -0.15) is 26.3 Å². The summed E-state index contributed by atoms with van der Waals surface area (Å²) in [5.41, 5.74) is -4.97. The van der Waals surface area contributed by atoms with Crippen LogP contribution in [-0.4, -0.2) is 6.61 Å². The van der Waals surface area contributed by atoms with Crippen molar-refractivity contribution in [3.05, 3.63) is 16.9 Å². The van der Waals surface area contributed by atoms with Crippen LogP contribution in [0.5, 0.6) is 5.95 Å². The van der Waals surface area contributed by atoms with E-state index < -0.39 is 40.6 Å². The molecule has 0 aliphatic heterocycles. The van der Waals surface area contributed by atoms with Crippen LogP contribution in [-0.2, 0) is 17.8 Å². The Morgan fingerprint density at radius 3 is 1.65 bits per heavy atom. The number of hydrogen-bond acceptors (Lipinski definition) is 2. The summed E-state index contributed by atoms with van der Waals surface area (Å²) < 4.78 is 87.1. The van der Waals surface area contributed by atoms with Gasteiger partial charge in [-0.1, -0.05) is 20.8 Å². The Kier molecular flexibility index (Phi) is 4.09. The summed E-state index contributed by atoms with van der Waals surface area (Å²) in [5.74, 6) is -1.93. The molecule has 20 heavy (non-hydrogen) atoms. The van der Waals surface area contributed by atoms with Crippen molar-refractivity contribution < 1.29 is 35.5 Å². The van der Waals surface area contributed by atoms with Crippen LogP contribution in [0.15, 0.2) is 4.42 Å². The molecular formula is C12H14F6O2. The van der Waals surface area contributed by atoms with Crippen molar-refractivity contribution >= 4 is 0 Å². The van der Waals surface area contributed by atoms with Crippen molar-refractivity contribution in [3.63, 3.8) is 0 Å². The van der Waals surface area contributed by atoms with Crippen LogP contribution in [0.3, 0.4) is 0 Å². The number of hydrogen-bond donors (Lipinski definition) is 0. The lowest BCUT2D eigenvalue weighted by atomic mass is 9.89. The van der Waals surface area contributed by atoms with Gasteiger partial charge in [-0.15, -0.1) is 0 Å². The smallest absolute Gasteiger partial charge is 0.423 e. The summed E-state index contributed by atoms with van der Waals surface area (Å²) in [4.78, 5) is 0. The van der Waals surface area contributed by atoms with Crippen LogP contribution < -0.4 is 4.74 Å². The Hall–Kier alpha value is -1.34. The number of furan rings is 1. The summed E-state index contributed by atoms with van der Waals surface area (Å²) in [6.07, 6.45) is -10.4. The van der Waals surface area contributed by atoms with Gasteiger partial charge in [0, 0.05) is 5.41 Å². The van der Waals surface area contributed by atoms with Crippen LogP contribution in [0.2, 0.25) is 0 Å². The van der Waals surface area contributed by atoms with E-state index in [1.165, 1.54) is 27.7 Å². The molecule has 1 rings (SSSR count). The minimum atomic E-state index is -5.22. The van der Waals surface area contributed by atoms with Crippen LogP contribution >= 0.6 is 0 Å². The first-order valence-corrected chi connectivity index (χ1v) is 5.74. The van der Waals surface area contributed by atoms with Crippen LogP contribution in [0.1, 0.15) is 44.6 Å².